The molecule has 1 unspecified atom stereocenters. The molecule has 1 atom stereocenters. The van der Waals surface area contributed by atoms with Gasteiger partial charge in [-0.2, -0.15) is 0 Å². The number of nitrogens with one attached hydrogen (secondary N) is 3. The zero-order chi connectivity index (χ0) is 24.4. The van der Waals surface area contributed by atoms with E-state index in [1.165, 1.54) is 37.4 Å². The fourth-order valence-electron chi connectivity index (χ4n) is 2.71. The Morgan fingerprint density at radius 1 is 0.939 bits per heavy atom. The summed E-state index contributed by atoms with van der Waals surface area (Å²) in [7, 11) is -2.19. The maximum Gasteiger partial charge on any atom is 0.269 e. The van der Waals surface area contributed by atoms with Crippen LogP contribution in [0.25, 0.3) is 0 Å². The minimum Gasteiger partial charge on any atom is -0.493 e. The van der Waals surface area contributed by atoms with Crippen LogP contribution in [0.15, 0.2) is 47.4 Å². The van der Waals surface area contributed by atoms with E-state index in [9.17, 15) is 18.0 Å². The Balaban J connectivity index is 1.99. The fourth-order valence-corrected chi connectivity index (χ4v) is 4.04. The number of carbonyl (C=O) groups is 2. The smallest absolute Gasteiger partial charge is 0.269 e. The van der Waals surface area contributed by atoms with Gasteiger partial charge in [0.25, 0.3) is 11.8 Å². The number of hydrazine groups is 1. The van der Waals surface area contributed by atoms with E-state index in [2.05, 4.69) is 22.5 Å². The molecule has 3 N–H and O–H groups in total. The molecule has 10 heteroatoms. The quantitative estimate of drug-likeness (QED) is 0.338. The number of benzene rings is 2. The van der Waals surface area contributed by atoms with E-state index in [0.717, 1.165) is 12.8 Å². The highest BCUT2D eigenvalue weighted by Gasteiger charge is 2.18. The summed E-state index contributed by atoms with van der Waals surface area (Å²) in [5.74, 6) is -0.190. The molecule has 0 radical (unpaired) electrons. The minimum atomic E-state index is -3.67. The van der Waals surface area contributed by atoms with E-state index < -0.39 is 21.8 Å². The van der Waals surface area contributed by atoms with Gasteiger partial charge < -0.3 is 9.47 Å². The van der Waals surface area contributed by atoms with E-state index in [1.54, 1.807) is 19.1 Å². The molecule has 0 heterocycles. The van der Waals surface area contributed by atoms with Crippen LogP contribution >= 0.6 is 0 Å². The highest BCUT2D eigenvalue weighted by atomic mass is 32.2. The number of carbonyl (C=O) groups excluding carboxylic acids is 2. The first kappa shape index (κ1) is 26.1. The summed E-state index contributed by atoms with van der Waals surface area (Å²) in [6, 6.07) is 9.94. The molecular weight excluding hydrogens is 446 g/mol. The third-order valence-corrected chi connectivity index (χ3v) is 6.47. The Bertz CT molecular complexity index is 1050. The second-order valence-electron chi connectivity index (χ2n) is 7.43. The lowest BCUT2D eigenvalue weighted by atomic mass is 10.2. The molecule has 0 spiro atoms. The van der Waals surface area contributed by atoms with Crippen molar-refractivity contribution in [3.63, 3.8) is 0 Å². The van der Waals surface area contributed by atoms with Crippen molar-refractivity contribution in [3.8, 4) is 11.5 Å². The van der Waals surface area contributed by atoms with E-state index in [-0.39, 0.29) is 22.1 Å². The molecule has 0 aliphatic heterocycles. The Morgan fingerprint density at radius 2 is 1.55 bits per heavy atom. The van der Waals surface area contributed by atoms with E-state index in [1.807, 2.05) is 6.92 Å². The van der Waals surface area contributed by atoms with Gasteiger partial charge in [-0.1, -0.05) is 20.3 Å². The van der Waals surface area contributed by atoms with Crippen molar-refractivity contribution in [2.45, 2.75) is 51.0 Å². The zero-order valence-electron chi connectivity index (χ0n) is 19.3. The Labute approximate surface area is 194 Å². The lowest BCUT2D eigenvalue weighted by molar-refractivity contribution is 0.0846. The van der Waals surface area contributed by atoms with Crippen LogP contribution in [0.5, 0.6) is 11.5 Å². The standard InChI is InChI=1S/C23H31N3O6S/c1-5-7-14-32-20-13-10-18(15-21(20)31-4)23(28)25-24-22(27)17-8-11-19(12-9-17)33(29,30)26-16(3)6-2/h8-13,15-16,26H,5-7,14H2,1-4H3,(H,24,27)(H,25,28). The number of amides is 2. The van der Waals surface area contributed by atoms with Crippen LogP contribution in [0, 0.1) is 0 Å². The molecule has 33 heavy (non-hydrogen) atoms. The molecule has 0 saturated carbocycles. The second kappa shape index (κ2) is 12.2. The van der Waals surface area contributed by atoms with Crippen molar-refractivity contribution >= 4 is 21.8 Å². The van der Waals surface area contributed by atoms with Crippen molar-refractivity contribution in [2.75, 3.05) is 13.7 Å². The lowest BCUT2D eigenvalue weighted by Crippen LogP contribution is -2.41. The second-order valence-corrected chi connectivity index (χ2v) is 9.14. The van der Waals surface area contributed by atoms with Crippen LogP contribution in [-0.4, -0.2) is 40.0 Å². The Kier molecular flexibility index (Phi) is 9.68. The third-order valence-electron chi connectivity index (χ3n) is 4.87. The monoisotopic (exact) mass is 477 g/mol. The van der Waals surface area contributed by atoms with Gasteiger partial charge in [0.2, 0.25) is 10.0 Å². The number of rotatable bonds is 11. The summed E-state index contributed by atoms with van der Waals surface area (Å²) in [4.78, 5) is 24.8. The maximum absolute atomic E-state index is 12.4. The van der Waals surface area contributed by atoms with E-state index in [0.29, 0.717) is 24.5 Å². The number of hydrogen-bond acceptors (Lipinski definition) is 6. The van der Waals surface area contributed by atoms with Gasteiger partial charge in [0.1, 0.15) is 0 Å². The van der Waals surface area contributed by atoms with E-state index in [4.69, 9.17) is 9.47 Å². The molecule has 0 bridgehead atoms. The average molecular weight is 478 g/mol. The van der Waals surface area contributed by atoms with Gasteiger partial charge in [0, 0.05) is 17.2 Å². The van der Waals surface area contributed by atoms with Gasteiger partial charge in [-0.3, -0.25) is 20.4 Å². The molecule has 0 aromatic heterocycles. The van der Waals surface area contributed by atoms with Crippen LogP contribution in [0.1, 0.15) is 60.7 Å². The summed E-state index contributed by atoms with van der Waals surface area (Å²) in [5.41, 5.74) is 5.11. The normalized spacial score (nSPS) is 12.0. The molecule has 0 fully saturated rings. The summed E-state index contributed by atoms with van der Waals surface area (Å²) < 4.78 is 38.1. The average Bonchev–Trinajstić information content (AvgIpc) is 2.82. The highest BCUT2D eigenvalue weighted by molar-refractivity contribution is 7.89. The van der Waals surface area contributed by atoms with Crippen molar-refractivity contribution in [1.29, 1.82) is 0 Å². The first-order valence-corrected chi connectivity index (χ1v) is 12.2. The van der Waals surface area contributed by atoms with Gasteiger partial charge in [-0.05, 0) is 62.2 Å². The molecule has 9 nitrogen and oxygen atoms in total. The summed E-state index contributed by atoms with van der Waals surface area (Å²) >= 11 is 0. The van der Waals surface area contributed by atoms with Crippen molar-refractivity contribution in [3.05, 3.63) is 53.6 Å². The first-order chi connectivity index (χ1) is 15.7. The SMILES string of the molecule is CCCCOc1ccc(C(=O)NNC(=O)c2ccc(S(=O)(=O)NC(C)CC)cc2)cc1OC. The molecule has 2 amide bonds. The summed E-state index contributed by atoms with van der Waals surface area (Å²) in [5, 5.41) is 0. The van der Waals surface area contributed by atoms with Crippen LogP contribution in [0.2, 0.25) is 0 Å². The molecule has 180 valence electrons. The van der Waals surface area contributed by atoms with Crippen LogP contribution in [0.3, 0.4) is 0 Å². The highest BCUT2D eigenvalue weighted by Crippen LogP contribution is 2.28. The zero-order valence-corrected chi connectivity index (χ0v) is 20.1. The Morgan fingerprint density at radius 3 is 2.12 bits per heavy atom. The molecule has 0 saturated heterocycles. The van der Waals surface area contributed by atoms with Crippen molar-refractivity contribution in [1.82, 2.24) is 15.6 Å². The number of hydrogen-bond donors (Lipinski definition) is 3. The predicted octanol–water partition coefficient (Wildman–Crippen LogP) is 3.03. The maximum atomic E-state index is 12.4. The molecular formula is C23H31N3O6S. The van der Waals surface area contributed by atoms with E-state index >= 15 is 0 Å². The number of ether oxygens (including phenoxy) is 2. The largest absolute Gasteiger partial charge is 0.493 e. The van der Waals surface area contributed by atoms with Crippen LogP contribution in [-0.2, 0) is 10.0 Å². The number of sulfonamides is 1. The van der Waals surface area contributed by atoms with Crippen LogP contribution < -0.4 is 25.0 Å². The first-order valence-electron chi connectivity index (χ1n) is 10.8. The fraction of sp³-hybridized carbons (Fsp3) is 0.391. The van der Waals surface area contributed by atoms with Crippen LogP contribution in [0.4, 0.5) is 0 Å². The van der Waals surface area contributed by atoms with Gasteiger partial charge in [-0.25, -0.2) is 13.1 Å². The summed E-state index contributed by atoms with van der Waals surface area (Å²) in [6.45, 7) is 6.25. The Hall–Kier alpha value is -3.11. The number of methoxy groups -OCH3 is 1. The third kappa shape index (κ3) is 7.47. The van der Waals surface area contributed by atoms with Gasteiger partial charge in [-0.15, -0.1) is 0 Å². The minimum absolute atomic E-state index is 0.0525. The molecule has 0 aliphatic carbocycles. The van der Waals surface area contributed by atoms with Crippen molar-refractivity contribution in [2.24, 2.45) is 0 Å². The molecule has 2 rings (SSSR count). The topological polar surface area (TPSA) is 123 Å². The predicted molar refractivity (Wildman–Crippen MR) is 125 cm³/mol. The van der Waals surface area contributed by atoms with Gasteiger partial charge >= 0.3 is 0 Å². The summed E-state index contributed by atoms with van der Waals surface area (Å²) in [6.07, 6.45) is 2.55. The molecule has 0 aliphatic rings. The van der Waals surface area contributed by atoms with Gasteiger partial charge in [0.05, 0.1) is 18.6 Å². The molecule has 2 aromatic rings. The molecule has 2 aromatic carbocycles. The number of unbranched alkanes of at least 4 members (excludes halogenated alkanes) is 1. The van der Waals surface area contributed by atoms with Gasteiger partial charge in [0.15, 0.2) is 11.5 Å². The lowest BCUT2D eigenvalue weighted by Gasteiger charge is -2.13. The van der Waals surface area contributed by atoms with Crippen molar-refractivity contribution < 1.29 is 27.5 Å².